The molecule has 1 saturated heterocycles. The van der Waals surface area contributed by atoms with Crippen molar-refractivity contribution in [1.29, 1.82) is 0 Å². The normalized spacial score (nSPS) is 32.8. The van der Waals surface area contributed by atoms with E-state index in [2.05, 4.69) is 22.9 Å². The number of ether oxygens (including phenoxy) is 1. The van der Waals surface area contributed by atoms with Crippen LogP contribution in [0.1, 0.15) is 26.2 Å². The van der Waals surface area contributed by atoms with Crippen molar-refractivity contribution < 1.29 is 18.7 Å². The summed E-state index contributed by atoms with van der Waals surface area (Å²) in [7, 11) is 0. The number of amides is 2. The first-order valence-corrected chi connectivity index (χ1v) is 10.7. The van der Waals surface area contributed by atoms with Gasteiger partial charge >= 0.3 is 0 Å². The first-order chi connectivity index (χ1) is 13.3. The Morgan fingerprint density at radius 2 is 2.14 bits per heavy atom. The average Bonchev–Trinajstić information content (AvgIpc) is 3.01. The predicted molar refractivity (Wildman–Crippen MR) is 106 cm³/mol. The summed E-state index contributed by atoms with van der Waals surface area (Å²) in [6.45, 7) is 3.56. The van der Waals surface area contributed by atoms with Crippen molar-refractivity contribution >= 4 is 35.2 Å². The minimum absolute atomic E-state index is 0.00561. The van der Waals surface area contributed by atoms with Crippen LogP contribution in [-0.4, -0.2) is 47.7 Å². The van der Waals surface area contributed by atoms with Crippen molar-refractivity contribution in [2.75, 3.05) is 19.7 Å². The Morgan fingerprint density at radius 1 is 1.39 bits per heavy atom. The molecule has 1 aromatic rings. The van der Waals surface area contributed by atoms with Gasteiger partial charge < -0.3 is 20.7 Å². The monoisotopic (exact) mass is 427 g/mol. The van der Waals surface area contributed by atoms with Crippen LogP contribution >= 0.6 is 23.4 Å². The number of carbonyl (C=O) groups is 2. The second-order valence-corrected chi connectivity index (χ2v) is 10.1. The second-order valence-electron chi connectivity index (χ2n) is 8.06. The van der Waals surface area contributed by atoms with Gasteiger partial charge in [-0.2, -0.15) is 0 Å². The lowest BCUT2D eigenvalue weighted by Crippen LogP contribution is -2.78. The van der Waals surface area contributed by atoms with E-state index >= 15 is 0 Å². The van der Waals surface area contributed by atoms with Crippen LogP contribution in [0.25, 0.3) is 0 Å². The molecule has 3 saturated carbocycles. The first kappa shape index (κ1) is 19.8. The third kappa shape index (κ3) is 3.82. The van der Waals surface area contributed by atoms with Crippen molar-refractivity contribution in [3.8, 4) is 5.75 Å². The highest BCUT2D eigenvalue weighted by Crippen LogP contribution is 2.67. The molecule has 0 radical (unpaired) electrons. The van der Waals surface area contributed by atoms with Gasteiger partial charge in [-0.15, -0.1) is 11.8 Å². The number of hydrogen-bond acceptors (Lipinski definition) is 5. The molecule has 3 aliphatic carbocycles. The summed E-state index contributed by atoms with van der Waals surface area (Å²) < 4.78 is 18.7. The molecular weight excluding hydrogens is 405 g/mol. The molecule has 1 heterocycles. The molecule has 0 aromatic heterocycles. The smallest absolute Gasteiger partial charge is 0.258 e. The number of benzene rings is 1. The number of carbonyl (C=O) groups excluding carboxylic acids is 2. The van der Waals surface area contributed by atoms with Gasteiger partial charge in [0, 0.05) is 29.9 Å². The molecule has 3 N–H and O–H groups in total. The lowest BCUT2D eigenvalue weighted by atomic mass is 9.39. The summed E-state index contributed by atoms with van der Waals surface area (Å²) in [5.41, 5.74) is -0.625. The molecule has 6 nitrogen and oxygen atoms in total. The van der Waals surface area contributed by atoms with Crippen molar-refractivity contribution in [3.63, 3.8) is 0 Å². The molecule has 2 unspecified atom stereocenters. The van der Waals surface area contributed by atoms with Crippen LogP contribution in [0.2, 0.25) is 5.02 Å². The molecular formula is C19H23ClFN3O3S. The Kier molecular flexibility index (Phi) is 5.22. The van der Waals surface area contributed by atoms with Gasteiger partial charge in [0.25, 0.3) is 5.91 Å². The Bertz CT molecular complexity index is 789. The van der Waals surface area contributed by atoms with Crippen molar-refractivity contribution in [3.05, 3.63) is 29.0 Å². The fourth-order valence-corrected chi connectivity index (χ4v) is 5.62. The summed E-state index contributed by atoms with van der Waals surface area (Å²) in [5, 5.41) is 10.2. The summed E-state index contributed by atoms with van der Waals surface area (Å²) in [6.07, 6.45) is 1.98. The van der Waals surface area contributed by atoms with Gasteiger partial charge in [-0.1, -0.05) is 18.5 Å². The highest BCUT2D eigenvalue weighted by atomic mass is 35.5. The zero-order chi connectivity index (χ0) is 19.9. The SMILES string of the molecule is CC1CNC(CNC(=O)C23CC(NC(=O)COc4ccc(Cl)c(F)c4)(C2)C3)S1. The molecule has 2 atom stereocenters. The lowest BCUT2D eigenvalue weighted by Gasteiger charge is -2.69. The van der Waals surface area contributed by atoms with E-state index in [4.69, 9.17) is 16.3 Å². The Morgan fingerprint density at radius 3 is 2.79 bits per heavy atom. The highest BCUT2D eigenvalue weighted by molar-refractivity contribution is 8.00. The number of halogens is 2. The van der Waals surface area contributed by atoms with Gasteiger partial charge in [0.05, 0.1) is 15.8 Å². The standard InChI is InChI=1S/C19H23ClFN3O3S/c1-11-5-22-16(28-11)6-23-17(26)18-8-19(9-18,10-18)24-15(25)7-27-12-2-3-13(20)14(21)4-12/h2-4,11,16,22H,5-10H2,1H3,(H,23,26)(H,24,25). The van der Waals surface area contributed by atoms with Crippen molar-refractivity contribution in [2.24, 2.45) is 5.41 Å². The molecule has 1 aliphatic heterocycles. The number of nitrogens with one attached hydrogen (secondary N) is 3. The maximum atomic E-state index is 13.4. The van der Waals surface area contributed by atoms with Crippen LogP contribution in [0.5, 0.6) is 5.75 Å². The largest absolute Gasteiger partial charge is 0.484 e. The first-order valence-electron chi connectivity index (χ1n) is 9.35. The van der Waals surface area contributed by atoms with Crippen LogP contribution in [-0.2, 0) is 9.59 Å². The Hall–Kier alpha value is -1.51. The van der Waals surface area contributed by atoms with Crippen LogP contribution in [0.15, 0.2) is 18.2 Å². The number of rotatable bonds is 7. The summed E-state index contributed by atoms with van der Waals surface area (Å²) in [6, 6.07) is 4.04. The fourth-order valence-electron chi connectivity index (χ4n) is 4.38. The molecule has 2 bridgehead atoms. The minimum Gasteiger partial charge on any atom is -0.484 e. The number of hydrogen-bond donors (Lipinski definition) is 3. The quantitative estimate of drug-likeness (QED) is 0.620. The van der Waals surface area contributed by atoms with Gasteiger partial charge in [-0.05, 0) is 31.4 Å². The highest BCUT2D eigenvalue weighted by Gasteiger charge is 2.72. The molecule has 1 aromatic carbocycles. The molecule has 0 spiro atoms. The van der Waals surface area contributed by atoms with Crippen molar-refractivity contribution in [2.45, 2.75) is 42.3 Å². The zero-order valence-corrected chi connectivity index (χ0v) is 17.1. The van der Waals surface area contributed by atoms with E-state index < -0.39 is 5.82 Å². The minimum atomic E-state index is -0.590. The topological polar surface area (TPSA) is 79.5 Å². The van der Waals surface area contributed by atoms with Crippen LogP contribution in [0.4, 0.5) is 4.39 Å². The van der Waals surface area contributed by atoms with E-state index in [-0.39, 0.29) is 45.5 Å². The maximum absolute atomic E-state index is 13.4. The molecule has 4 fully saturated rings. The number of thioether (sulfide) groups is 1. The average molecular weight is 428 g/mol. The van der Waals surface area contributed by atoms with Crippen LogP contribution < -0.4 is 20.7 Å². The van der Waals surface area contributed by atoms with Crippen LogP contribution in [0.3, 0.4) is 0 Å². The van der Waals surface area contributed by atoms with Crippen molar-refractivity contribution in [1.82, 2.24) is 16.0 Å². The maximum Gasteiger partial charge on any atom is 0.258 e. The molecule has 5 rings (SSSR count). The second kappa shape index (κ2) is 7.39. The molecule has 4 aliphatic rings. The molecule has 152 valence electrons. The summed E-state index contributed by atoms with van der Waals surface area (Å²) in [4.78, 5) is 24.6. The van der Waals surface area contributed by atoms with E-state index in [1.165, 1.54) is 12.1 Å². The van der Waals surface area contributed by atoms with Gasteiger partial charge in [0.1, 0.15) is 11.6 Å². The summed E-state index contributed by atoms with van der Waals surface area (Å²) >= 11 is 7.46. The van der Waals surface area contributed by atoms with Gasteiger partial charge in [0.15, 0.2) is 6.61 Å². The Labute approximate surface area is 172 Å². The van der Waals surface area contributed by atoms with E-state index in [9.17, 15) is 14.0 Å². The van der Waals surface area contributed by atoms with Gasteiger partial charge in [-0.3, -0.25) is 9.59 Å². The third-order valence-electron chi connectivity index (χ3n) is 5.66. The van der Waals surface area contributed by atoms with E-state index in [0.29, 0.717) is 31.1 Å². The Balaban J connectivity index is 1.18. The summed E-state index contributed by atoms with van der Waals surface area (Å²) in [5.74, 6) is -0.533. The van der Waals surface area contributed by atoms with E-state index in [1.54, 1.807) is 0 Å². The van der Waals surface area contributed by atoms with E-state index in [1.807, 2.05) is 11.8 Å². The zero-order valence-electron chi connectivity index (χ0n) is 15.5. The van der Waals surface area contributed by atoms with E-state index in [0.717, 1.165) is 12.6 Å². The molecule has 2 amide bonds. The van der Waals surface area contributed by atoms with Crippen LogP contribution in [0, 0.1) is 11.2 Å². The fraction of sp³-hybridized carbons (Fsp3) is 0.579. The third-order valence-corrected chi connectivity index (χ3v) is 7.25. The molecule has 28 heavy (non-hydrogen) atoms. The predicted octanol–water partition coefficient (Wildman–Crippen LogP) is 2.06. The lowest BCUT2D eigenvalue weighted by molar-refractivity contribution is -0.183. The molecule has 9 heteroatoms. The van der Waals surface area contributed by atoms with Gasteiger partial charge in [0.2, 0.25) is 5.91 Å². The van der Waals surface area contributed by atoms with Gasteiger partial charge in [-0.25, -0.2) is 4.39 Å².